The summed E-state index contributed by atoms with van der Waals surface area (Å²) in [7, 11) is -3.69. The summed E-state index contributed by atoms with van der Waals surface area (Å²) in [5.41, 5.74) is 6.82. The van der Waals surface area contributed by atoms with Gasteiger partial charge in [-0.25, -0.2) is 17.4 Å². The van der Waals surface area contributed by atoms with Crippen LogP contribution in [0.25, 0.3) is 11.0 Å². The minimum absolute atomic E-state index is 0.0797. The highest BCUT2D eigenvalue weighted by Gasteiger charge is 2.32. The van der Waals surface area contributed by atoms with Crippen LogP contribution in [0.1, 0.15) is 25.0 Å². The summed E-state index contributed by atoms with van der Waals surface area (Å²) >= 11 is 1.51. The number of rotatable bonds is 6. The van der Waals surface area contributed by atoms with Crippen molar-refractivity contribution in [1.29, 1.82) is 0 Å². The zero-order valence-corrected chi connectivity index (χ0v) is 17.1. The Hall–Kier alpha value is -2.03. The molecule has 3 rings (SSSR count). The predicted octanol–water partition coefficient (Wildman–Crippen LogP) is 2.80. The fraction of sp³-hybridized carbons (Fsp3) is 0.316. The molecule has 1 heterocycles. The van der Waals surface area contributed by atoms with E-state index in [-0.39, 0.29) is 5.95 Å². The number of benzene rings is 2. The van der Waals surface area contributed by atoms with E-state index in [1.807, 2.05) is 36.6 Å². The van der Waals surface area contributed by atoms with Crippen LogP contribution in [0, 0.1) is 0 Å². The molecule has 0 saturated heterocycles. The summed E-state index contributed by atoms with van der Waals surface area (Å²) < 4.78 is 26.6. The molecule has 0 radical (unpaired) electrons. The lowest BCUT2D eigenvalue weighted by Gasteiger charge is -2.29. The number of fused-ring (bicyclic) bond motifs is 1. The van der Waals surface area contributed by atoms with Crippen molar-refractivity contribution in [2.45, 2.75) is 24.7 Å². The number of nitrogens with two attached hydrogens (primary N) is 1. The fourth-order valence-corrected chi connectivity index (χ4v) is 4.96. The first-order valence-corrected chi connectivity index (χ1v) is 11.4. The molecule has 0 aliphatic heterocycles. The molecule has 6 nitrogen and oxygen atoms in total. The molecule has 0 saturated carbocycles. The third-order valence-electron chi connectivity index (χ3n) is 4.57. The van der Waals surface area contributed by atoms with Crippen LogP contribution in [0.5, 0.6) is 0 Å². The Morgan fingerprint density at radius 1 is 1.19 bits per heavy atom. The molecule has 0 amide bonds. The van der Waals surface area contributed by atoms with Gasteiger partial charge >= 0.3 is 0 Å². The number of aliphatic hydroxyl groups is 1. The Bertz CT molecular complexity index is 1060. The van der Waals surface area contributed by atoms with Crippen LogP contribution in [0.3, 0.4) is 0 Å². The van der Waals surface area contributed by atoms with Crippen molar-refractivity contribution in [3.63, 3.8) is 0 Å². The average molecular weight is 406 g/mol. The van der Waals surface area contributed by atoms with Gasteiger partial charge in [-0.05, 0) is 43.4 Å². The summed E-state index contributed by atoms with van der Waals surface area (Å²) in [6.07, 6.45) is 1.91. The molecule has 27 heavy (non-hydrogen) atoms. The standard InChI is InChI=1S/C19H23N3O3S2/c1-13(2)27(24,25)22-17-11-15(9-10-16(17)21-18(22)20)19(23,12-26-3)14-7-5-4-6-8-14/h4-11,13,23H,12H2,1-3H3,(H2,20,21). The first kappa shape index (κ1) is 19.7. The van der Waals surface area contributed by atoms with Crippen molar-refractivity contribution in [3.05, 3.63) is 59.7 Å². The lowest BCUT2D eigenvalue weighted by atomic mass is 9.88. The maximum Gasteiger partial charge on any atom is 0.244 e. The molecule has 1 atom stereocenters. The molecule has 3 N–H and O–H groups in total. The number of imidazole rings is 1. The van der Waals surface area contributed by atoms with Crippen LogP contribution < -0.4 is 5.73 Å². The highest BCUT2D eigenvalue weighted by atomic mass is 32.2. The Labute approximate surface area is 163 Å². The summed E-state index contributed by atoms with van der Waals surface area (Å²) in [6.45, 7) is 3.19. The molecule has 0 fully saturated rings. The minimum Gasteiger partial charge on any atom is -0.380 e. The van der Waals surface area contributed by atoms with E-state index in [2.05, 4.69) is 4.98 Å². The summed E-state index contributed by atoms with van der Waals surface area (Å²) in [6, 6.07) is 14.5. The second-order valence-electron chi connectivity index (χ2n) is 6.69. The molecule has 0 aliphatic carbocycles. The van der Waals surface area contributed by atoms with Crippen molar-refractivity contribution in [2.75, 3.05) is 17.7 Å². The van der Waals surface area contributed by atoms with Crippen molar-refractivity contribution in [3.8, 4) is 0 Å². The Balaban J connectivity index is 2.27. The van der Waals surface area contributed by atoms with Gasteiger partial charge in [0.25, 0.3) is 0 Å². The van der Waals surface area contributed by atoms with E-state index in [1.54, 1.807) is 32.0 Å². The SMILES string of the molecule is CSCC(O)(c1ccccc1)c1ccc2nc(N)n(S(=O)(=O)C(C)C)c2c1. The first-order valence-electron chi connectivity index (χ1n) is 8.51. The van der Waals surface area contributed by atoms with Gasteiger partial charge < -0.3 is 10.8 Å². The fourth-order valence-electron chi connectivity index (χ4n) is 3.06. The molecule has 1 unspecified atom stereocenters. The van der Waals surface area contributed by atoms with Gasteiger partial charge in [0.2, 0.25) is 16.0 Å². The second-order valence-corrected chi connectivity index (χ2v) is 9.89. The molecule has 144 valence electrons. The number of anilines is 1. The van der Waals surface area contributed by atoms with E-state index in [0.29, 0.717) is 22.3 Å². The lowest BCUT2D eigenvalue weighted by Crippen LogP contribution is -2.30. The van der Waals surface area contributed by atoms with Crippen LogP contribution in [0.2, 0.25) is 0 Å². The van der Waals surface area contributed by atoms with E-state index < -0.39 is 20.9 Å². The van der Waals surface area contributed by atoms with Crippen LogP contribution in [0.15, 0.2) is 48.5 Å². The molecular weight excluding hydrogens is 382 g/mol. The maximum absolute atomic E-state index is 12.8. The quantitative estimate of drug-likeness (QED) is 0.654. The zero-order chi connectivity index (χ0) is 19.8. The zero-order valence-electron chi connectivity index (χ0n) is 15.5. The molecule has 0 aliphatic rings. The van der Waals surface area contributed by atoms with Crippen molar-refractivity contribution in [2.24, 2.45) is 0 Å². The first-order chi connectivity index (χ1) is 12.7. The van der Waals surface area contributed by atoms with Gasteiger partial charge in [0.15, 0.2) is 0 Å². The molecule has 3 aromatic rings. The van der Waals surface area contributed by atoms with Crippen LogP contribution >= 0.6 is 11.8 Å². The molecule has 0 bridgehead atoms. The number of nitrogens with zero attached hydrogens (tertiary/aromatic N) is 2. The largest absolute Gasteiger partial charge is 0.380 e. The monoisotopic (exact) mass is 405 g/mol. The Morgan fingerprint density at radius 3 is 2.44 bits per heavy atom. The Morgan fingerprint density at radius 2 is 1.85 bits per heavy atom. The maximum atomic E-state index is 12.8. The molecule has 0 spiro atoms. The number of aromatic nitrogens is 2. The van der Waals surface area contributed by atoms with E-state index in [0.717, 1.165) is 9.54 Å². The van der Waals surface area contributed by atoms with Crippen molar-refractivity contribution >= 4 is 38.8 Å². The van der Waals surface area contributed by atoms with Crippen LogP contribution in [-0.2, 0) is 15.6 Å². The van der Waals surface area contributed by atoms with Crippen molar-refractivity contribution in [1.82, 2.24) is 8.96 Å². The lowest BCUT2D eigenvalue weighted by molar-refractivity contribution is 0.108. The highest BCUT2D eigenvalue weighted by molar-refractivity contribution is 7.98. The molecule has 1 aromatic heterocycles. The van der Waals surface area contributed by atoms with E-state index in [1.165, 1.54) is 11.8 Å². The highest BCUT2D eigenvalue weighted by Crippen LogP contribution is 2.35. The topological polar surface area (TPSA) is 98.2 Å². The van der Waals surface area contributed by atoms with Gasteiger partial charge in [0.1, 0.15) is 5.60 Å². The third kappa shape index (κ3) is 3.33. The van der Waals surface area contributed by atoms with Gasteiger partial charge in [-0.15, -0.1) is 0 Å². The number of hydrogen-bond donors (Lipinski definition) is 2. The smallest absolute Gasteiger partial charge is 0.244 e. The third-order valence-corrected chi connectivity index (χ3v) is 7.36. The summed E-state index contributed by atoms with van der Waals surface area (Å²) in [4.78, 5) is 4.18. The molecular formula is C19H23N3O3S2. The average Bonchev–Trinajstić information content (AvgIpc) is 2.97. The van der Waals surface area contributed by atoms with E-state index >= 15 is 0 Å². The summed E-state index contributed by atoms with van der Waals surface area (Å²) in [5.74, 6) is 0.340. The van der Waals surface area contributed by atoms with E-state index in [4.69, 9.17) is 5.73 Å². The normalized spacial score (nSPS) is 14.6. The van der Waals surface area contributed by atoms with Crippen LogP contribution in [-0.4, -0.2) is 39.7 Å². The van der Waals surface area contributed by atoms with E-state index in [9.17, 15) is 13.5 Å². The number of nitrogen functional groups attached to an aromatic ring is 1. The summed E-state index contributed by atoms with van der Waals surface area (Å²) in [5, 5.41) is 10.8. The predicted molar refractivity (Wildman–Crippen MR) is 111 cm³/mol. The molecule has 2 aromatic carbocycles. The van der Waals surface area contributed by atoms with Gasteiger partial charge in [-0.1, -0.05) is 36.4 Å². The van der Waals surface area contributed by atoms with Gasteiger partial charge in [-0.2, -0.15) is 11.8 Å². The van der Waals surface area contributed by atoms with Gasteiger partial charge in [0.05, 0.1) is 16.3 Å². The van der Waals surface area contributed by atoms with Crippen LogP contribution in [0.4, 0.5) is 5.95 Å². The minimum atomic E-state index is -3.69. The second kappa shape index (κ2) is 7.18. The van der Waals surface area contributed by atoms with Gasteiger partial charge in [-0.3, -0.25) is 0 Å². The number of hydrogen-bond acceptors (Lipinski definition) is 6. The number of thioether (sulfide) groups is 1. The molecule has 8 heteroatoms. The Kier molecular flexibility index (Phi) is 5.24. The van der Waals surface area contributed by atoms with Crippen molar-refractivity contribution < 1.29 is 13.5 Å². The van der Waals surface area contributed by atoms with Gasteiger partial charge in [0, 0.05) is 5.75 Å².